The maximum absolute atomic E-state index is 11.9. The molecule has 11 nitrogen and oxygen atoms in total. The molecule has 1 atom stereocenters. The van der Waals surface area contributed by atoms with E-state index in [1.807, 2.05) is 21.1 Å². The predicted molar refractivity (Wildman–Crippen MR) is 112 cm³/mol. The molecule has 172 valence electrons. The highest BCUT2D eigenvalue weighted by Crippen LogP contribution is 2.42. The molecular weight excluding hydrogens is 417 g/mol. The zero-order chi connectivity index (χ0) is 22.6. The van der Waals surface area contributed by atoms with Gasteiger partial charge >= 0.3 is 13.8 Å². The number of quaternary nitrogens is 1. The third-order valence-electron chi connectivity index (χ3n) is 3.54. The van der Waals surface area contributed by atoms with E-state index >= 15 is 0 Å². The number of nitrogen functional groups attached to an aromatic ring is 2. The molecule has 0 spiro atoms. The van der Waals surface area contributed by atoms with Crippen LogP contribution in [-0.2, 0) is 27.8 Å². The molecule has 0 aliphatic rings. The first-order valence-corrected chi connectivity index (χ1v) is 10.9. The van der Waals surface area contributed by atoms with Gasteiger partial charge in [-0.25, -0.2) is 9.36 Å². The number of esters is 1. The number of carbonyl (C=O) groups excluding carboxylic acids is 1. The van der Waals surface area contributed by atoms with Crippen molar-refractivity contribution in [2.24, 2.45) is 0 Å². The average Bonchev–Trinajstić information content (AvgIpc) is 2.60. The van der Waals surface area contributed by atoms with Crippen molar-refractivity contribution < 1.29 is 42.0 Å². The van der Waals surface area contributed by atoms with Crippen molar-refractivity contribution in [2.45, 2.75) is 0 Å². The molecule has 12 heteroatoms. The Bertz CT molecular complexity index is 691. The Balaban J connectivity index is 2.02. The molecule has 0 amide bonds. The summed E-state index contributed by atoms with van der Waals surface area (Å²) in [5.74, 6) is -0.539. The summed E-state index contributed by atoms with van der Waals surface area (Å²) in [7, 11) is 1.76. The third kappa shape index (κ3) is 12.8. The van der Waals surface area contributed by atoms with Crippen LogP contribution >= 0.6 is 7.82 Å². The van der Waals surface area contributed by atoms with Crippen molar-refractivity contribution in [2.75, 3.05) is 85.4 Å². The first kappa shape index (κ1) is 26.3. The van der Waals surface area contributed by atoms with Gasteiger partial charge in [0.05, 0.1) is 59.7 Å². The fourth-order valence-corrected chi connectivity index (χ4v) is 2.76. The fraction of sp³-hybridized carbons (Fsp3) is 0.611. The quantitative estimate of drug-likeness (QED) is 0.115. The molecular formula is C18H33N3O8P+. The van der Waals surface area contributed by atoms with Crippen LogP contribution in [0.15, 0.2) is 18.2 Å². The number of nitrogens with two attached hydrogens (primary N) is 2. The lowest BCUT2D eigenvalue weighted by molar-refractivity contribution is -0.870. The summed E-state index contributed by atoms with van der Waals surface area (Å²) < 4.78 is 37.5. The molecule has 0 aliphatic heterocycles. The Labute approximate surface area is 177 Å². The smallest absolute Gasteiger partial charge is 0.460 e. The standard InChI is InChI=1S/C18H32N3O8P/c1-21(2,3)4-5-28-30(23,24)29-11-9-26-7-6-25-8-10-27-18(22)15-12-16(19)14-17(20)13-15/h12-14H,4-11,19-20H2,1-3H3/p+1. The van der Waals surface area contributed by atoms with Crippen LogP contribution in [0.2, 0.25) is 0 Å². The molecule has 0 fully saturated rings. The van der Waals surface area contributed by atoms with Gasteiger partial charge in [0.1, 0.15) is 19.8 Å². The highest BCUT2D eigenvalue weighted by atomic mass is 31.2. The van der Waals surface area contributed by atoms with Gasteiger partial charge < -0.3 is 35.1 Å². The molecule has 0 bridgehead atoms. The molecule has 1 aromatic carbocycles. The number of anilines is 2. The highest BCUT2D eigenvalue weighted by molar-refractivity contribution is 7.47. The highest BCUT2D eigenvalue weighted by Gasteiger charge is 2.22. The van der Waals surface area contributed by atoms with Gasteiger partial charge in [-0.15, -0.1) is 0 Å². The molecule has 0 aliphatic carbocycles. The third-order valence-corrected chi connectivity index (χ3v) is 4.56. The maximum atomic E-state index is 11.9. The molecule has 0 radical (unpaired) electrons. The van der Waals surface area contributed by atoms with Gasteiger partial charge in [0.25, 0.3) is 0 Å². The normalized spacial score (nSPS) is 13.7. The van der Waals surface area contributed by atoms with E-state index in [-0.39, 0.29) is 51.8 Å². The molecule has 1 rings (SSSR count). The molecule has 1 unspecified atom stereocenters. The number of nitrogens with zero attached hydrogens (tertiary/aromatic N) is 1. The number of hydrogen-bond acceptors (Lipinski definition) is 9. The minimum absolute atomic E-state index is 0.0644. The first-order chi connectivity index (χ1) is 14.0. The topological polar surface area (TPSA) is 153 Å². The summed E-state index contributed by atoms with van der Waals surface area (Å²) in [5.41, 5.74) is 12.3. The summed E-state index contributed by atoms with van der Waals surface area (Å²) in [6.45, 7) is 1.48. The van der Waals surface area contributed by atoms with E-state index in [0.717, 1.165) is 0 Å². The van der Waals surface area contributed by atoms with E-state index in [2.05, 4.69) is 0 Å². The van der Waals surface area contributed by atoms with E-state index in [0.29, 0.717) is 22.4 Å². The molecule has 0 aromatic heterocycles. The number of rotatable bonds is 15. The number of phosphoric ester groups is 1. The number of carbonyl (C=O) groups is 1. The maximum Gasteiger partial charge on any atom is 0.472 e. The summed E-state index contributed by atoms with van der Waals surface area (Å²) in [4.78, 5) is 21.4. The van der Waals surface area contributed by atoms with Crippen molar-refractivity contribution >= 4 is 25.2 Å². The summed E-state index contributed by atoms with van der Waals surface area (Å²) in [5, 5.41) is 0. The Morgan fingerprint density at radius 1 is 0.900 bits per heavy atom. The van der Waals surface area contributed by atoms with Gasteiger partial charge in [0.15, 0.2) is 0 Å². The van der Waals surface area contributed by atoms with E-state index < -0.39 is 13.8 Å². The van der Waals surface area contributed by atoms with Gasteiger partial charge in [-0.2, -0.15) is 0 Å². The molecule has 0 heterocycles. The second-order valence-corrected chi connectivity index (χ2v) is 8.85. The lowest BCUT2D eigenvalue weighted by Gasteiger charge is -2.24. The van der Waals surface area contributed by atoms with Crippen LogP contribution in [0.5, 0.6) is 0 Å². The second-order valence-electron chi connectivity index (χ2n) is 7.40. The summed E-state index contributed by atoms with van der Waals surface area (Å²) in [6, 6.07) is 4.51. The number of likely N-dealkylation sites (N-methyl/N-ethyl adjacent to an activating group) is 1. The number of hydrogen-bond donors (Lipinski definition) is 3. The van der Waals surface area contributed by atoms with Crippen LogP contribution in [0.3, 0.4) is 0 Å². The van der Waals surface area contributed by atoms with E-state index in [1.54, 1.807) is 6.07 Å². The second kappa shape index (κ2) is 12.9. The van der Waals surface area contributed by atoms with Gasteiger partial charge in [-0.3, -0.25) is 9.05 Å². The van der Waals surface area contributed by atoms with Crippen molar-refractivity contribution in [1.82, 2.24) is 0 Å². The van der Waals surface area contributed by atoms with Gasteiger partial charge in [0.2, 0.25) is 0 Å². The lowest BCUT2D eigenvalue weighted by Crippen LogP contribution is -2.37. The van der Waals surface area contributed by atoms with E-state index in [9.17, 15) is 14.3 Å². The zero-order valence-corrected chi connectivity index (χ0v) is 18.6. The predicted octanol–water partition coefficient (Wildman–Crippen LogP) is 0.881. The van der Waals surface area contributed by atoms with E-state index in [1.165, 1.54) is 12.1 Å². The number of benzene rings is 1. The number of phosphoric acid groups is 1. The minimum atomic E-state index is -4.08. The van der Waals surface area contributed by atoms with Crippen molar-refractivity contribution in [3.05, 3.63) is 23.8 Å². The monoisotopic (exact) mass is 450 g/mol. The summed E-state index contributed by atoms with van der Waals surface area (Å²) in [6.07, 6.45) is 0. The lowest BCUT2D eigenvalue weighted by atomic mass is 10.2. The molecule has 0 saturated heterocycles. The largest absolute Gasteiger partial charge is 0.472 e. The van der Waals surface area contributed by atoms with Crippen molar-refractivity contribution in [3.63, 3.8) is 0 Å². The van der Waals surface area contributed by atoms with Gasteiger partial charge in [0, 0.05) is 11.4 Å². The first-order valence-electron chi connectivity index (χ1n) is 9.39. The average molecular weight is 450 g/mol. The Morgan fingerprint density at radius 3 is 1.97 bits per heavy atom. The van der Waals surface area contributed by atoms with Gasteiger partial charge in [-0.05, 0) is 18.2 Å². The van der Waals surface area contributed by atoms with Crippen LogP contribution in [0.1, 0.15) is 10.4 Å². The molecule has 30 heavy (non-hydrogen) atoms. The molecule has 5 N–H and O–H groups in total. The summed E-state index contributed by atoms with van der Waals surface area (Å²) >= 11 is 0. The number of ether oxygens (including phenoxy) is 3. The van der Waals surface area contributed by atoms with Crippen LogP contribution in [0.4, 0.5) is 11.4 Å². The van der Waals surface area contributed by atoms with Crippen molar-refractivity contribution in [1.29, 1.82) is 0 Å². The molecule has 0 saturated carbocycles. The zero-order valence-electron chi connectivity index (χ0n) is 17.7. The SMILES string of the molecule is C[N+](C)(C)CCOP(=O)(O)OCCOCCOCCOC(=O)c1cc(N)cc(N)c1. The van der Waals surface area contributed by atoms with Crippen LogP contribution < -0.4 is 11.5 Å². The fourth-order valence-electron chi connectivity index (χ4n) is 2.07. The minimum Gasteiger partial charge on any atom is -0.460 e. The van der Waals surface area contributed by atoms with Gasteiger partial charge in [-0.1, -0.05) is 0 Å². The van der Waals surface area contributed by atoms with Crippen LogP contribution in [0, 0.1) is 0 Å². The van der Waals surface area contributed by atoms with E-state index in [4.69, 9.17) is 34.7 Å². The van der Waals surface area contributed by atoms with Crippen LogP contribution in [0.25, 0.3) is 0 Å². The Kier molecular flexibility index (Phi) is 11.3. The Morgan fingerprint density at radius 2 is 1.40 bits per heavy atom. The Hall–Kier alpha value is -1.72. The molecule has 1 aromatic rings. The van der Waals surface area contributed by atoms with Crippen molar-refractivity contribution in [3.8, 4) is 0 Å². The van der Waals surface area contributed by atoms with Crippen LogP contribution in [-0.4, -0.2) is 89.3 Å².